The maximum atomic E-state index is 12.8. The molecule has 11 heteroatoms. The average Bonchev–Trinajstić information content (AvgIpc) is 3.28. The minimum absolute atomic E-state index is 0.0952. The van der Waals surface area contributed by atoms with Gasteiger partial charge in [0.2, 0.25) is 21.8 Å². The molecular weight excluding hydrogens is 438 g/mol. The minimum atomic E-state index is -3.63. The number of ether oxygens (including phenoxy) is 1. The number of halogens is 1. The van der Waals surface area contributed by atoms with E-state index in [-0.39, 0.29) is 17.6 Å². The zero-order valence-corrected chi connectivity index (χ0v) is 18.7. The number of morpholine rings is 1. The molecule has 0 saturated carbocycles. The predicted octanol–water partition coefficient (Wildman–Crippen LogP) is 1.10. The first-order valence-electron chi connectivity index (χ1n) is 9.72. The van der Waals surface area contributed by atoms with Crippen LogP contribution in [0.25, 0.3) is 0 Å². The second-order valence-corrected chi connectivity index (χ2v) is 10.8. The first kappa shape index (κ1) is 22.5. The second-order valence-electron chi connectivity index (χ2n) is 7.13. The maximum absolute atomic E-state index is 12.8. The van der Waals surface area contributed by atoms with Crippen LogP contribution in [-0.2, 0) is 30.8 Å². The summed E-state index contributed by atoms with van der Waals surface area (Å²) in [5.74, 6) is -0.541. The normalized spacial score (nSPS) is 21.6. The van der Waals surface area contributed by atoms with Gasteiger partial charge in [0.05, 0.1) is 23.3 Å². The van der Waals surface area contributed by atoms with Gasteiger partial charge in [-0.3, -0.25) is 9.59 Å². The number of carbonyl (C=O) groups excluding carboxylic acids is 2. The summed E-state index contributed by atoms with van der Waals surface area (Å²) >= 11 is 7.22. The Hall–Kier alpha value is -1.20. The highest BCUT2D eigenvalue weighted by Crippen LogP contribution is 2.23. The third-order valence-electron chi connectivity index (χ3n) is 5.18. The van der Waals surface area contributed by atoms with Gasteiger partial charge < -0.3 is 14.5 Å². The lowest BCUT2D eigenvalue weighted by Crippen LogP contribution is -2.53. The van der Waals surface area contributed by atoms with Crippen LogP contribution in [0, 0.1) is 0 Å². The molecule has 1 N–H and O–H groups in total. The number of sulfonamides is 1. The van der Waals surface area contributed by atoms with E-state index in [4.69, 9.17) is 16.3 Å². The summed E-state index contributed by atoms with van der Waals surface area (Å²) in [7, 11) is -3.63. The summed E-state index contributed by atoms with van der Waals surface area (Å²) in [6.45, 7) is 4.24. The number of hydrogen-bond donors (Lipinski definition) is 1. The molecule has 1 aromatic rings. The molecule has 2 atom stereocenters. The van der Waals surface area contributed by atoms with Crippen molar-refractivity contribution in [3.05, 3.63) is 21.3 Å². The van der Waals surface area contributed by atoms with E-state index in [1.165, 1.54) is 16.2 Å². The molecular formula is C18H26ClN3O5S2. The van der Waals surface area contributed by atoms with Crippen LogP contribution in [-0.4, -0.2) is 80.7 Å². The van der Waals surface area contributed by atoms with Crippen LogP contribution in [0.4, 0.5) is 0 Å². The second kappa shape index (κ2) is 9.74. The van der Waals surface area contributed by atoms with Crippen LogP contribution in [0.5, 0.6) is 0 Å². The molecule has 1 aromatic heterocycles. The number of hydrogen-bond acceptors (Lipinski definition) is 6. The first-order chi connectivity index (χ1) is 13.8. The highest BCUT2D eigenvalue weighted by atomic mass is 35.5. The third kappa shape index (κ3) is 5.69. The Morgan fingerprint density at radius 2 is 2.07 bits per heavy atom. The first-order valence-corrected chi connectivity index (χ1v) is 12.6. The Labute approximate surface area is 180 Å². The Morgan fingerprint density at radius 1 is 1.34 bits per heavy atom. The maximum Gasteiger partial charge on any atom is 0.245 e. The third-order valence-corrected chi connectivity index (χ3v) is 7.85. The van der Waals surface area contributed by atoms with E-state index in [0.717, 1.165) is 4.88 Å². The van der Waals surface area contributed by atoms with Crippen molar-refractivity contribution in [2.45, 2.75) is 38.3 Å². The van der Waals surface area contributed by atoms with Gasteiger partial charge in [0.15, 0.2) is 0 Å². The Morgan fingerprint density at radius 3 is 2.69 bits per heavy atom. The lowest BCUT2D eigenvalue weighted by atomic mass is 10.1. The molecule has 0 bridgehead atoms. The molecule has 8 nitrogen and oxygen atoms in total. The molecule has 2 saturated heterocycles. The van der Waals surface area contributed by atoms with Gasteiger partial charge in [-0.2, -0.15) is 0 Å². The summed E-state index contributed by atoms with van der Waals surface area (Å²) in [5, 5.41) is 0. The topological polar surface area (TPSA) is 96.0 Å². The van der Waals surface area contributed by atoms with Gasteiger partial charge in [-0.25, -0.2) is 13.1 Å². The largest absolute Gasteiger partial charge is 0.378 e. The molecule has 3 heterocycles. The van der Waals surface area contributed by atoms with Gasteiger partial charge in [-0.1, -0.05) is 18.5 Å². The van der Waals surface area contributed by atoms with Gasteiger partial charge in [0.25, 0.3) is 0 Å². The van der Waals surface area contributed by atoms with Crippen molar-refractivity contribution in [2.24, 2.45) is 0 Å². The summed E-state index contributed by atoms with van der Waals surface area (Å²) in [6.07, 6.45) is 1.18. The van der Waals surface area contributed by atoms with Crippen molar-refractivity contribution < 1.29 is 22.7 Å². The number of aryl methyl sites for hydroxylation is 1. The van der Waals surface area contributed by atoms with E-state index in [1.54, 1.807) is 17.0 Å². The number of amides is 2. The summed E-state index contributed by atoms with van der Waals surface area (Å²) in [6, 6.07) is 2.14. The lowest BCUT2D eigenvalue weighted by molar-refractivity contribution is -0.146. The van der Waals surface area contributed by atoms with Crippen molar-refractivity contribution in [3.63, 3.8) is 0 Å². The molecule has 0 spiro atoms. The number of rotatable bonds is 8. The van der Waals surface area contributed by atoms with Crippen LogP contribution < -0.4 is 4.72 Å². The Kier molecular flexibility index (Phi) is 7.55. The molecule has 162 valence electrons. The zero-order valence-electron chi connectivity index (χ0n) is 16.3. The van der Waals surface area contributed by atoms with E-state index in [2.05, 4.69) is 4.72 Å². The number of nitrogens with zero attached hydrogens (tertiary/aromatic N) is 2. The average molecular weight is 464 g/mol. The molecule has 0 radical (unpaired) electrons. The van der Waals surface area contributed by atoms with Crippen LogP contribution in [0.3, 0.4) is 0 Å². The van der Waals surface area contributed by atoms with Crippen molar-refractivity contribution in [3.8, 4) is 0 Å². The fourth-order valence-corrected chi connectivity index (χ4v) is 6.12. The Bertz CT molecular complexity index is 838. The highest BCUT2D eigenvalue weighted by molar-refractivity contribution is 7.89. The van der Waals surface area contributed by atoms with E-state index in [9.17, 15) is 18.0 Å². The van der Waals surface area contributed by atoms with Crippen molar-refractivity contribution in [1.82, 2.24) is 14.5 Å². The number of likely N-dealkylation sites (tertiary alicyclic amines) is 1. The van der Waals surface area contributed by atoms with Gasteiger partial charge >= 0.3 is 0 Å². The van der Waals surface area contributed by atoms with Crippen LogP contribution >= 0.6 is 22.9 Å². The fourth-order valence-electron chi connectivity index (χ4n) is 3.64. The fraction of sp³-hybridized carbons (Fsp3) is 0.667. The summed E-state index contributed by atoms with van der Waals surface area (Å²) in [5.41, 5.74) is 0. The number of thiophene rings is 1. The van der Waals surface area contributed by atoms with Crippen molar-refractivity contribution >= 4 is 44.8 Å². The molecule has 0 unspecified atom stereocenters. The van der Waals surface area contributed by atoms with E-state index >= 15 is 0 Å². The van der Waals surface area contributed by atoms with E-state index in [0.29, 0.717) is 56.4 Å². The number of carbonyl (C=O) groups is 2. The molecule has 2 amide bonds. The molecule has 0 aromatic carbocycles. The molecule has 0 aliphatic carbocycles. The summed E-state index contributed by atoms with van der Waals surface area (Å²) < 4.78 is 33.3. The van der Waals surface area contributed by atoms with E-state index in [1.807, 2.05) is 6.92 Å². The van der Waals surface area contributed by atoms with Gasteiger partial charge in [-0.15, -0.1) is 11.3 Å². The van der Waals surface area contributed by atoms with Crippen molar-refractivity contribution in [1.29, 1.82) is 0 Å². The lowest BCUT2D eigenvalue weighted by Gasteiger charge is -2.34. The zero-order chi connectivity index (χ0) is 21.0. The molecule has 29 heavy (non-hydrogen) atoms. The highest BCUT2D eigenvalue weighted by Gasteiger charge is 2.41. The van der Waals surface area contributed by atoms with Crippen LogP contribution in [0.15, 0.2) is 12.1 Å². The predicted molar refractivity (Wildman–Crippen MR) is 112 cm³/mol. The summed E-state index contributed by atoms with van der Waals surface area (Å²) in [4.78, 5) is 29.8. The minimum Gasteiger partial charge on any atom is -0.378 e. The van der Waals surface area contributed by atoms with Crippen LogP contribution in [0.2, 0.25) is 4.34 Å². The van der Waals surface area contributed by atoms with Gasteiger partial charge in [-0.05, 0) is 31.4 Å². The van der Waals surface area contributed by atoms with Crippen molar-refractivity contribution in [2.75, 3.05) is 38.6 Å². The SMILES string of the molecule is CC[C@@H](C(=O)N1CCOCC1)N1CC[C@H](NS(=O)(=O)CCc2ccc(Cl)s2)C1=O. The van der Waals surface area contributed by atoms with Gasteiger partial charge in [0, 0.05) is 24.5 Å². The molecule has 2 aliphatic rings. The molecule has 2 fully saturated rings. The Balaban J connectivity index is 1.58. The van der Waals surface area contributed by atoms with Gasteiger partial charge in [0.1, 0.15) is 12.1 Å². The number of nitrogens with one attached hydrogen (secondary N) is 1. The van der Waals surface area contributed by atoms with Crippen LogP contribution in [0.1, 0.15) is 24.6 Å². The quantitative estimate of drug-likeness (QED) is 0.622. The monoisotopic (exact) mass is 463 g/mol. The van der Waals surface area contributed by atoms with E-state index < -0.39 is 22.1 Å². The molecule has 3 rings (SSSR count). The standard InChI is InChI=1S/C18H26ClN3O5S2/c1-2-15(18(24)21-8-10-27-11-9-21)22-7-5-14(17(22)23)20-29(25,26)12-6-13-3-4-16(19)28-13/h3-4,14-15,20H,2,5-12H2,1H3/t14-,15-/m0/s1. The smallest absolute Gasteiger partial charge is 0.245 e. The molecule has 2 aliphatic heterocycles.